The van der Waals surface area contributed by atoms with E-state index in [-0.39, 0.29) is 0 Å². The molecule has 118 valence electrons. The van der Waals surface area contributed by atoms with E-state index >= 15 is 0 Å². The van der Waals surface area contributed by atoms with E-state index in [1.807, 2.05) is 27.7 Å². The lowest BCUT2D eigenvalue weighted by Gasteiger charge is -2.04. The molecule has 0 aliphatic heterocycles. The van der Waals surface area contributed by atoms with E-state index in [9.17, 15) is 0 Å². The molecule has 2 nitrogen and oxygen atoms in total. The normalized spacial score (nSPS) is 21.2. The summed E-state index contributed by atoms with van der Waals surface area (Å²) in [6.45, 7) is 17.4. The summed E-state index contributed by atoms with van der Waals surface area (Å²) in [7, 11) is 3.40. The van der Waals surface area contributed by atoms with Gasteiger partial charge < -0.3 is 9.47 Å². The van der Waals surface area contributed by atoms with Crippen molar-refractivity contribution in [2.75, 3.05) is 14.2 Å². The van der Waals surface area contributed by atoms with Crippen LogP contribution in [0.15, 0.2) is 0 Å². The number of hydrogen-bond acceptors (Lipinski definition) is 2. The SMILES string of the molecule is CC(C)C1CC1C(C)C.COC(C)C.COC(C)C. The minimum atomic E-state index is 0.384. The second-order valence-electron chi connectivity index (χ2n) is 6.62. The van der Waals surface area contributed by atoms with Gasteiger partial charge in [-0.15, -0.1) is 0 Å². The third-order valence-corrected chi connectivity index (χ3v) is 3.55. The van der Waals surface area contributed by atoms with Gasteiger partial charge >= 0.3 is 0 Å². The molecule has 2 heteroatoms. The molecule has 1 aliphatic carbocycles. The number of hydrogen-bond donors (Lipinski definition) is 0. The van der Waals surface area contributed by atoms with Crippen LogP contribution in [0, 0.1) is 23.7 Å². The topological polar surface area (TPSA) is 18.5 Å². The van der Waals surface area contributed by atoms with Crippen LogP contribution in [0.2, 0.25) is 0 Å². The number of rotatable bonds is 4. The molecular weight excluding hydrogens is 236 g/mol. The van der Waals surface area contributed by atoms with Crippen molar-refractivity contribution >= 4 is 0 Å². The Morgan fingerprint density at radius 2 is 0.842 bits per heavy atom. The largest absolute Gasteiger partial charge is 0.382 e. The van der Waals surface area contributed by atoms with Gasteiger partial charge in [0, 0.05) is 14.2 Å². The van der Waals surface area contributed by atoms with Crippen LogP contribution in [-0.2, 0) is 9.47 Å². The van der Waals surface area contributed by atoms with Gasteiger partial charge in [0.05, 0.1) is 12.2 Å². The third-order valence-electron chi connectivity index (χ3n) is 3.55. The smallest absolute Gasteiger partial charge is 0.0515 e. The van der Waals surface area contributed by atoms with Gasteiger partial charge in [-0.1, -0.05) is 27.7 Å². The molecule has 0 saturated heterocycles. The highest BCUT2D eigenvalue weighted by Gasteiger charge is 2.40. The van der Waals surface area contributed by atoms with Crippen LogP contribution in [0.3, 0.4) is 0 Å². The second kappa shape index (κ2) is 11.7. The molecule has 2 atom stereocenters. The van der Waals surface area contributed by atoms with E-state index in [4.69, 9.17) is 9.47 Å². The van der Waals surface area contributed by atoms with Crippen LogP contribution in [-0.4, -0.2) is 26.4 Å². The summed E-state index contributed by atoms with van der Waals surface area (Å²) in [5, 5.41) is 0. The fourth-order valence-electron chi connectivity index (χ4n) is 1.77. The molecule has 1 saturated carbocycles. The lowest BCUT2D eigenvalue weighted by Crippen LogP contribution is -1.97. The first-order valence-corrected chi connectivity index (χ1v) is 7.72. The average molecular weight is 274 g/mol. The molecule has 0 aromatic heterocycles. The minimum Gasteiger partial charge on any atom is -0.382 e. The Labute approximate surface area is 122 Å². The predicted molar refractivity (Wildman–Crippen MR) is 85.6 cm³/mol. The minimum absolute atomic E-state index is 0.384. The van der Waals surface area contributed by atoms with E-state index < -0.39 is 0 Å². The molecule has 0 heterocycles. The van der Waals surface area contributed by atoms with Gasteiger partial charge in [-0.05, 0) is 57.8 Å². The first-order valence-electron chi connectivity index (χ1n) is 7.72. The van der Waals surface area contributed by atoms with Crippen LogP contribution >= 0.6 is 0 Å². The van der Waals surface area contributed by atoms with Crippen LogP contribution < -0.4 is 0 Å². The lowest BCUT2D eigenvalue weighted by molar-refractivity contribution is 0.134. The number of ether oxygens (including phenoxy) is 2. The quantitative estimate of drug-likeness (QED) is 0.717. The predicted octanol–water partition coefficient (Wildman–Crippen LogP) is 5.02. The molecule has 0 amide bonds. The molecule has 0 N–H and O–H groups in total. The van der Waals surface area contributed by atoms with Crippen molar-refractivity contribution in [3.8, 4) is 0 Å². The monoisotopic (exact) mass is 274 g/mol. The van der Waals surface area contributed by atoms with Gasteiger partial charge in [-0.3, -0.25) is 0 Å². The van der Waals surface area contributed by atoms with Crippen LogP contribution in [0.1, 0.15) is 61.8 Å². The van der Waals surface area contributed by atoms with E-state index in [2.05, 4.69) is 27.7 Å². The summed E-state index contributed by atoms with van der Waals surface area (Å²) in [5.41, 5.74) is 0. The summed E-state index contributed by atoms with van der Waals surface area (Å²) in [6.07, 6.45) is 2.26. The van der Waals surface area contributed by atoms with E-state index in [1.54, 1.807) is 14.2 Å². The Morgan fingerprint density at radius 1 is 0.632 bits per heavy atom. The van der Waals surface area contributed by atoms with Crippen molar-refractivity contribution in [3.63, 3.8) is 0 Å². The third kappa shape index (κ3) is 14.1. The molecule has 2 unspecified atom stereocenters. The fourth-order valence-corrected chi connectivity index (χ4v) is 1.77. The van der Waals surface area contributed by atoms with Crippen molar-refractivity contribution in [1.82, 2.24) is 0 Å². The zero-order valence-electron chi connectivity index (χ0n) is 15.0. The summed E-state index contributed by atoms with van der Waals surface area (Å²) in [6, 6.07) is 0. The van der Waals surface area contributed by atoms with Gasteiger partial charge in [-0.25, -0.2) is 0 Å². The Hall–Kier alpha value is -0.0800. The maximum absolute atomic E-state index is 4.75. The standard InChI is InChI=1S/C9H18.2C4H10O/c1-6(2)8-5-9(8)7(3)4;2*1-4(2)5-3/h6-9H,5H2,1-4H3;2*4H,1-3H3. The maximum atomic E-state index is 4.75. The highest BCUT2D eigenvalue weighted by atomic mass is 16.5. The van der Waals surface area contributed by atoms with Crippen molar-refractivity contribution in [1.29, 1.82) is 0 Å². The Morgan fingerprint density at radius 3 is 0.895 bits per heavy atom. The van der Waals surface area contributed by atoms with Crippen LogP contribution in [0.4, 0.5) is 0 Å². The summed E-state index contributed by atoms with van der Waals surface area (Å²) in [4.78, 5) is 0. The summed E-state index contributed by atoms with van der Waals surface area (Å²) >= 11 is 0. The van der Waals surface area contributed by atoms with E-state index in [0.717, 1.165) is 23.7 Å². The molecule has 1 rings (SSSR count). The molecule has 0 radical (unpaired) electrons. The Bertz CT molecular complexity index is 166. The Balaban J connectivity index is 0. The maximum Gasteiger partial charge on any atom is 0.0515 e. The molecule has 0 bridgehead atoms. The first-order chi connectivity index (χ1) is 8.67. The molecule has 1 fully saturated rings. The van der Waals surface area contributed by atoms with Crippen molar-refractivity contribution < 1.29 is 9.47 Å². The summed E-state index contributed by atoms with van der Waals surface area (Å²) < 4.78 is 9.50. The Kier molecular flexibility index (Phi) is 13.1. The van der Waals surface area contributed by atoms with Crippen LogP contribution in [0.5, 0.6) is 0 Å². The highest BCUT2D eigenvalue weighted by Crippen LogP contribution is 2.48. The molecular formula is C17H38O2. The second-order valence-corrected chi connectivity index (χ2v) is 6.62. The van der Waals surface area contributed by atoms with Gasteiger partial charge in [0.2, 0.25) is 0 Å². The molecule has 0 aromatic carbocycles. The zero-order chi connectivity index (χ0) is 15.6. The van der Waals surface area contributed by atoms with Gasteiger partial charge in [0.1, 0.15) is 0 Å². The van der Waals surface area contributed by atoms with E-state index in [0.29, 0.717) is 12.2 Å². The summed E-state index contributed by atoms with van der Waals surface area (Å²) in [5.74, 6) is 3.98. The fraction of sp³-hybridized carbons (Fsp3) is 1.00. The van der Waals surface area contributed by atoms with Gasteiger partial charge in [0.15, 0.2) is 0 Å². The molecule has 1 aliphatic rings. The zero-order valence-corrected chi connectivity index (χ0v) is 15.0. The van der Waals surface area contributed by atoms with Gasteiger partial charge in [0.25, 0.3) is 0 Å². The van der Waals surface area contributed by atoms with E-state index in [1.165, 1.54) is 6.42 Å². The van der Waals surface area contributed by atoms with Crippen molar-refractivity contribution in [2.45, 2.75) is 74.0 Å². The van der Waals surface area contributed by atoms with Gasteiger partial charge in [-0.2, -0.15) is 0 Å². The highest BCUT2D eigenvalue weighted by molar-refractivity contribution is 4.89. The molecule has 19 heavy (non-hydrogen) atoms. The van der Waals surface area contributed by atoms with Crippen molar-refractivity contribution in [2.24, 2.45) is 23.7 Å². The van der Waals surface area contributed by atoms with Crippen LogP contribution in [0.25, 0.3) is 0 Å². The molecule has 0 spiro atoms. The van der Waals surface area contributed by atoms with Crippen molar-refractivity contribution in [3.05, 3.63) is 0 Å². The lowest BCUT2D eigenvalue weighted by atomic mass is 10.0. The average Bonchev–Trinajstić information content (AvgIpc) is 3.10. The molecule has 0 aromatic rings. The number of methoxy groups -OCH3 is 2. The first kappa shape index (κ1) is 21.2.